The number of ether oxygens (including phenoxy) is 1. The van der Waals surface area contributed by atoms with Crippen LogP contribution in [0, 0.1) is 18.7 Å². The topological polar surface area (TPSA) is 53.6 Å². The number of benzene rings is 2. The van der Waals surface area contributed by atoms with E-state index < -0.39 is 23.8 Å². The van der Waals surface area contributed by atoms with Crippen molar-refractivity contribution in [1.82, 2.24) is 0 Å². The third-order valence-electron chi connectivity index (χ3n) is 5.46. The number of anilines is 4. The number of fused-ring (bicyclic) bond motifs is 1. The first-order chi connectivity index (χ1) is 14.2. The number of piperidine rings is 1. The standard InChI is InChI=1S/C21H21F4N3O2/c1-12-8-14(2-3-17(12)28-6-4-13(5-7-28)21(23,24)25)26-15-9-16(22)20-18(10-15)30-11-19(29)27-20/h2-3,8-10,13,26H,4-7,11H2,1H3,(H,27,29). The van der Waals surface area contributed by atoms with E-state index in [1.54, 1.807) is 12.1 Å². The molecule has 4 rings (SSSR count). The van der Waals surface area contributed by atoms with E-state index >= 15 is 0 Å². The van der Waals surface area contributed by atoms with Gasteiger partial charge in [-0.05, 0) is 49.6 Å². The highest BCUT2D eigenvalue weighted by atomic mass is 19.4. The zero-order valence-corrected chi connectivity index (χ0v) is 16.3. The van der Waals surface area contributed by atoms with Crippen LogP contribution >= 0.6 is 0 Å². The van der Waals surface area contributed by atoms with Crippen LogP contribution in [0.3, 0.4) is 0 Å². The summed E-state index contributed by atoms with van der Waals surface area (Å²) in [5.41, 5.74) is 2.99. The Morgan fingerprint density at radius 2 is 1.87 bits per heavy atom. The second-order valence-electron chi connectivity index (χ2n) is 7.60. The molecule has 5 nitrogen and oxygen atoms in total. The Balaban J connectivity index is 1.47. The van der Waals surface area contributed by atoms with Crippen LogP contribution in [0.15, 0.2) is 30.3 Å². The molecular formula is C21H21F4N3O2. The van der Waals surface area contributed by atoms with E-state index in [2.05, 4.69) is 10.6 Å². The molecule has 0 saturated carbocycles. The number of nitrogens with one attached hydrogen (secondary N) is 2. The summed E-state index contributed by atoms with van der Waals surface area (Å²) < 4.78 is 58.2. The van der Waals surface area contributed by atoms with Crippen LogP contribution < -0.4 is 20.3 Å². The largest absolute Gasteiger partial charge is 0.481 e. The Labute approximate surface area is 171 Å². The van der Waals surface area contributed by atoms with Crippen molar-refractivity contribution in [1.29, 1.82) is 0 Å². The zero-order valence-electron chi connectivity index (χ0n) is 16.3. The number of amides is 1. The number of nitrogens with zero attached hydrogens (tertiary/aromatic N) is 1. The average Bonchev–Trinajstić information content (AvgIpc) is 2.68. The average molecular weight is 423 g/mol. The molecule has 160 valence electrons. The highest BCUT2D eigenvalue weighted by molar-refractivity contribution is 5.96. The molecular weight excluding hydrogens is 402 g/mol. The lowest BCUT2D eigenvalue weighted by Gasteiger charge is -2.35. The second kappa shape index (κ2) is 7.70. The fourth-order valence-corrected chi connectivity index (χ4v) is 3.91. The SMILES string of the molecule is Cc1cc(Nc2cc(F)c3c(c2)OCC(=O)N3)ccc1N1CCC(C(F)(F)F)CC1. The van der Waals surface area contributed by atoms with Crippen LogP contribution in [0.25, 0.3) is 0 Å². The Morgan fingerprint density at radius 3 is 2.53 bits per heavy atom. The molecule has 30 heavy (non-hydrogen) atoms. The maximum atomic E-state index is 14.3. The highest BCUT2D eigenvalue weighted by Crippen LogP contribution is 2.37. The predicted octanol–water partition coefficient (Wildman–Crippen LogP) is 4.99. The summed E-state index contributed by atoms with van der Waals surface area (Å²) >= 11 is 0. The summed E-state index contributed by atoms with van der Waals surface area (Å²) in [6, 6.07) is 8.39. The molecule has 2 aliphatic heterocycles. The smallest absolute Gasteiger partial charge is 0.391 e. The minimum Gasteiger partial charge on any atom is -0.481 e. The van der Waals surface area contributed by atoms with Crippen LogP contribution in [-0.2, 0) is 4.79 Å². The van der Waals surface area contributed by atoms with Crippen molar-refractivity contribution in [3.63, 3.8) is 0 Å². The molecule has 0 spiro atoms. The minimum atomic E-state index is -4.13. The van der Waals surface area contributed by atoms with Crippen LogP contribution in [-0.4, -0.2) is 31.8 Å². The van der Waals surface area contributed by atoms with Gasteiger partial charge in [-0.3, -0.25) is 4.79 Å². The molecule has 9 heteroatoms. The maximum absolute atomic E-state index is 14.3. The van der Waals surface area contributed by atoms with E-state index in [-0.39, 0.29) is 30.9 Å². The molecule has 0 radical (unpaired) electrons. The zero-order chi connectivity index (χ0) is 21.5. The molecule has 0 aromatic heterocycles. The summed E-state index contributed by atoms with van der Waals surface area (Å²) in [6.07, 6.45) is -3.95. The van der Waals surface area contributed by atoms with Gasteiger partial charge in [0.15, 0.2) is 12.4 Å². The molecule has 0 atom stereocenters. The van der Waals surface area contributed by atoms with Gasteiger partial charge in [0.2, 0.25) is 0 Å². The van der Waals surface area contributed by atoms with Gasteiger partial charge in [0.25, 0.3) is 5.91 Å². The Hall–Kier alpha value is -2.97. The van der Waals surface area contributed by atoms with Crippen molar-refractivity contribution in [3.8, 4) is 5.75 Å². The van der Waals surface area contributed by atoms with E-state index in [0.717, 1.165) is 11.3 Å². The van der Waals surface area contributed by atoms with Gasteiger partial charge in [0.05, 0.1) is 5.92 Å². The fourth-order valence-electron chi connectivity index (χ4n) is 3.91. The Kier molecular flexibility index (Phi) is 5.21. The number of hydrogen-bond acceptors (Lipinski definition) is 4. The van der Waals surface area contributed by atoms with E-state index in [4.69, 9.17) is 4.74 Å². The normalized spacial score (nSPS) is 17.2. The number of halogens is 4. The van der Waals surface area contributed by atoms with Gasteiger partial charge >= 0.3 is 6.18 Å². The first-order valence-corrected chi connectivity index (χ1v) is 9.66. The lowest BCUT2D eigenvalue weighted by molar-refractivity contribution is -0.179. The molecule has 1 amide bonds. The predicted molar refractivity (Wildman–Crippen MR) is 106 cm³/mol. The lowest BCUT2D eigenvalue weighted by atomic mass is 9.95. The Bertz CT molecular complexity index is 969. The quantitative estimate of drug-likeness (QED) is 0.684. The number of alkyl halides is 3. The Morgan fingerprint density at radius 1 is 1.13 bits per heavy atom. The number of carbonyl (C=O) groups is 1. The van der Waals surface area contributed by atoms with Crippen LogP contribution in [0.2, 0.25) is 0 Å². The number of rotatable bonds is 3. The second-order valence-corrected chi connectivity index (χ2v) is 7.60. The lowest BCUT2D eigenvalue weighted by Crippen LogP contribution is -2.39. The van der Waals surface area contributed by atoms with Gasteiger partial charge < -0.3 is 20.3 Å². The summed E-state index contributed by atoms with van der Waals surface area (Å²) in [6.45, 7) is 2.44. The third kappa shape index (κ3) is 4.15. The summed E-state index contributed by atoms with van der Waals surface area (Å²) in [7, 11) is 0. The van der Waals surface area contributed by atoms with Gasteiger partial charge in [0, 0.05) is 36.2 Å². The van der Waals surface area contributed by atoms with Crippen molar-refractivity contribution >= 4 is 28.7 Å². The van der Waals surface area contributed by atoms with Crippen LogP contribution in [0.5, 0.6) is 5.75 Å². The monoisotopic (exact) mass is 423 g/mol. The molecule has 0 bridgehead atoms. The summed E-state index contributed by atoms with van der Waals surface area (Å²) in [5.74, 6) is -2.00. The van der Waals surface area contributed by atoms with Crippen LogP contribution in [0.1, 0.15) is 18.4 Å². The molecule has 2 aromatic carbocycles. The van der Waals surface area contributed by atoms with E-state index in [1.807, 2.05) is 24.0 Å². The van der Waals surface area contributed by atoms with Crippen molar-refractivity contribution < 1.29 is 27.1 Å². The first kappa shape index (κ1) is 20.3. The highest BCUT2D eigenvalue weighted by Gasteiger charge is 2.41. The molecule has 1 fully saturated rings. The number of hydrogen-bond donors (Lipinski definition) is 2. The van der Waals surface area contributed by atoms with Gasteiger partial charge in [-0.1, -0.05) is 0 Å². The molecule has 0 unspecified atom stereocenters. The molecule has 2 aromatic rings. The molecule has 2 aliphatic rings. The molecule has 0 aliphatic carbocycles. The molecule has 2 N–H and O–H groups in total. The maximum Gasteiger partial charge on any atom is 0.391 e. The minimum absolute atomic E-state index is 0.0191. The van der Waals surface area contributed by atoms with Crippen molar-refractivity contribution in [2.75, 3.05) is 35.2 Å². The van der Waals surface area contributed by atoms with Gasteiger partial charge in [-0.15, -0.1) is 0 Å². The fraction of sp³-hybridized carbons (Fsp3) is 0.381. The van der Waals surface area contributed by atoms with Crippen molar-refractivity contribution in [2.45, 2.75) is 25.9 Å². The van der Waals surface area contributed by atoms with E-state index in [9.17, 15) is 22.4 Å². The van der Waals surface area contributed by atoms with E-state index in [1.165, 1.54) is 6.07 Å². The van der Waals surface area contributed by atoms with E-state index in [0.29, 0.717) is 24.5 Å². The third-order valence-corrected chi connectivity index (χ3v) is 5.46. The number of aryl methyl sites for hydroxylation is 1. The van der Waals surface area contributed by atoms with Crippen LogP contribution in [0.4, 0.5) is 40.3 Å². The molecule has 1 saturated heterocycles. The summed E-state index contributed by atoms with van der Waals surface area (Å²) in [5, 5.41) is 5.55. The van der Waals surface area contributed by atoms with Gasteiger partial charge in [-0.25, -0.2) is 4.39 Å². The van der Waals surface area contributed by atoms with Crippen molar-refractivity contribution in [2.24, 2.45) is 5.92 Å². The van der Waals surface area contributed by atoms with Gasteiger partial charge in [0.1, 0.15) is 11.4 Å². The summed E-state index contributed by atoms with van der Waals surface area (Å²) in [4.78, 5) is 13.3. The number of carbonyl (C=O) groups excluding carboxylic acids is 1. The van der Waals surface area contributed by atoms with Crippen molar-refractivity contribution in [3.05, 3.63) is 41.7 Å². The van der Waals surface area contributed by atoms with Gasteiger partial charge in [-0.2, -0.15) is 13.2 Å². The first-order valence-electron chi connectivity index (χ1n) is 9.66. The molecule has 2 heterocycles.